The standard InChI is InChI=1S/C25H25N5O3/c1-33-14-13-29-16-21-22(26-29)12-11-20-23(21)27-30(24(20)18-5-3-2-4-6-18)15-17-7-9-19(10-8-17)25(31)28-32/h2-10,16,32H,11-15H2,1H3,(H,28,31). The van der Waals surface area contributed by atoms with Gasteiger partial charge in [0.2, 0.25) is 0 Å². The summed E-state index contributed by atoms with van der Waals surface area (Å²) in [6.07, 6.45) is 3.82. The molecule has 8 heteroatoms. The maximum absolute atomic E-state index is 11.6. The largest absolute Gasteiger partial charge is 0.383 e. The Balaban J connectivity index is 1.56. The molecule has 1 amide bonds. The highest BCUT2D eigenvalue weighted by atomic mass is 16.5. The molecule has 4 aromatic rings. The van der Waals surface area contributed by atoms with E-state index in [1.807, 2.05) is 39.7 Å². The van der Waals surface area contributed by atoms with Crippen LogP contribution in [0.4, 0.5) is 0 Å². The van der Waals surface area contributed by atoms with Gasteiger partial charge in [-0.3, -0.25) is 19.4 Å². The zero-order valence-corrected chi connectivity index (χ0v) is 18.4. The Hall–Kier alpha value is -3.75. The number of carbonyl (C=O) groups excluding carboxylic acids is 1. The van der Waals surface area contributed by atoms with Crippen LogP contribution in [0.3, 0.4) is 0 Å². The molecule has 2 heterocycles. The first kappa shape index (κ1) is 21.1. The van der Waals surface area contributed by atoms with Crippen molar-refractivity contribution in [3.8, 4) is 22.5 Å². The number of rotatable bonds is 7. The number of aromatic nitrogens is 4. The van der Waals surface area contributed by atoms with Crippen LogP contribution in [0.25, 0.3) is 22.5 Å². The lowest BCUT2D eigenvalue weighted by molar-refractivity contribution is 0.0706. The van der Waals surface area contributed by atoms with Gasteiger partial charge in [-0.15, -0.1) is 0 Å². The van der Waals surface area contributed by atoms with Crippen molar-refractivity contribution in [2.75, 3.05) is 13.7 Å². The van der Waals surface area contributed by atoms with Crippen molar-refractivity contribution in [1.29, 1.82) is 0 Å². The molecule has 0 fully saturated rings. The fraction of sp³-hybridized carbons (Fsp3) is 0.240. The van der Waals surface area contributed by atoms with E-state index in [1.165, 1.54) is 5.56 Å². The first-order valence-corrected chi connectivity index (χ1v) is 10.9. The molecule has 2 aromatic heterocycles. The van der Waals surface area contributed by atoms with E-state index in [-0.39, 0.29) is 0 Å². The maximum Gasteiger partial charge on any atom is 0.274 e. The lowest BCUT2D eigenvalue weighted by Crippen LogP contribution is -2.18. The first-order chi connectivity index (χ1) is 16.2. The van der Waals surface area contributed by atoms with Crippen LogP contribution in [0, 0.1) is 0 Å². The fourth-order valence-corrected chi connectivity index (χ4v) is 4.37. The number of methoxy groups -OCH3 is 1. The van der Waals surface area contributed by atoms with Crippen LogP contribution in [0.1, 0.15) is 27.2 Å². The van der Waals surface area contributed by atoms with Gasteiger partial charge in [0.15, 0.2) is 0 Å². The van der Waals surface area contributed by atoms with Crippen LogP contribution in [0.5, 0.6) is 0 Å². The van der Waals surface area contributed by atoms with Crippen LogP contribution in [0.15, 0.2) is 60.8 Å². The third kappa shape index (κ3) is 4.06. The van der Waals surface area contributed by atoms with Gasteiger partial charge < -0.3 is 4.74 Å². The molecule has 0 unspecified atom stereocenters. The molecule has 2 N–H and O–H groups in total. The second kappa shape index (κ2) is 9.01. The van der Waals surface area contributed by atoms with Crippen LogP contribution in [-0.2, 0) is 30.7 Å². The zero-order valence-electron chi connectivity index (χ0n) is 18.4. The molecular formula is C25H25N5O3. The summed E-state index contributed by atoms with van der Waals surface area (Å²) in [4.78, 5) is 11.6. The summed E-state index contributed by atoms with van der Waals surface area (Å²) in [5.74, 6) is -0.529. The molecule has 8 nitrogen and oxygen atoms in total. The highest BCUT2D eigenvalue weighted by molar-refractivity contribution is 5.93. The van der Waals surface area contributed by atoms with Crippen molar-refractivity contribution < 1.29 is 14.7 Å². The second-order valence-corrected chi connectivity index (χ2v) is 8.08. The Morgan fingerprint density at radius 1 is 1.09 bits per heavy atom. The minimum Gasteiger partial charge on any atom is -0.383 e. The third-order valence-electron chi connectivity index (χ3n) is 5.98. The van der Waals surface area contributed by atoms with E-state index in [2.05, 4.69) is 18.3 Å². The van der Waals surface area contributed by atoms with E-state index in [9.17, 15) is 4.79 Å². The number of benzene rings is 2. The van der Waals surface area contributed by atoms with E-state index < -0.39 is 5.91 Å². The summed E-state index contributed by atoms with van der Waals surface area (Å²) in [6, 6.07) is 17.5. The summed E-state index contributed by atoms with van der Waals surface area (Å²) < 4.78 is 9.19. The maximum atomic E-state index is 11.6. The second-order valence-electron chi connectivity index (χ2n) is 8.08. The number of ether oxygens (including phenoxy) is 1. The van der Waals surface area contributed by atoms with Crippen molar-refractivity contribution >= 4 is 5.91 Å². The fourth-order valence-electron chi connectivity index (χ4n) is 4.37. The number of hydroxylamine groups is 1. The summed E-state index contributed by atoms with van der Waals surface area (Å²) in [5, 5.41) is 18.6. The predicted molar refractivity (Wildman–Crippen MR) is 123 cm³/mol. The van der Waals surface area contributed by atoms with Crippen molar-refractivity contribution in [1.82, 2.24) is 25.0 Å². The van der Waals surface area contributed by atoms with E-state index in [0.717, 1.165) is 46.6 Å². The topological polar surface area (TPSA) is 94.2 Å². The summed E-state index contributed by atoms with van der Waals surface area (Å²) >= 11 is 0. The minimum atomic E-state index is -0.529. The van der Waals surface area contributed by atoms with Crippen LogP contribution in [-0.4, -0.2) is 44.4 Å². The van der Waals surface area contributed by atoms with Crippen molar-refractivity contribution in [3.63, 3.8) is 0 Å². The van der Waals surface area contributed by atoms with Crippen molar-refractivity contribution in [3.05, 3.63) is 83.2 Å². The third-order valence-corrected chi connectivity index (χ3v) is 5.98. The van der Waals surface area contributed by atoms with Gasteiger partial charge in [-0.25, -0.2) is 5.48 Å². The Bertz CT molecular complexity index is 1280. The van der Waals surface area contributed by atoms with Gasteiger partial charge in [-0.05, 0) is 30.5 Å². The number of nitrogens with zero attached hydrogens (tertiary/aromatic N) is 4. The SMILES string of the molecule is COCCn1cc2c(n1)CCc1c-2nn(Cc2ccc(C(=O)NO)cc2)c1-c1ccccc1. The monoisotopic (exact) mass is 443 g/mol. The van der Waals surface area contributed by atoms with E-state index >= 15 is 0 Å². The molecule has 0 aliphatic heterocycles. The molecule has 5 rings (SSSR count). The molecule has 0 radical (unpaired) electrons. The number of nitrogens with one attached hydrogen (secondary N) is 1. The summed E-state index contributed by atoms with van der Waals surface area (Å²) in [6.45, 7) is 1.88. The van der Waals surface area contributed by atoms with Gasteiger partial charge in [0.25, 0.3) is 5.91 Å². The molecule has 0 saturated heterocycles. The molecule has 0 saturated carbocycles. The first-order valence-electron chi connectivity index (χ1n) is 10.9. The van der Waals surface area contributed by atoms with E-state index in [4.69, 9.17) is 20.1 Å². The predicted octanol–water partition coefficient (Wildman–Crippen LogP) is 3.33. The van der Waals surface area contributed by atoms with Gasteiger partial charge in [0.05, 0.1) is 36.8 Å². The normalized spacial score (nSPS) is 12.3. The molecule has 1 aliphatic carbocycles. The molecule has 0 spiro atoms. The van der Waals surface area contributed by atoms with Crippen LogP contribution < -0.4 is 5.48 Å². The van der Waals surface area contributed by atoms with Crippen molar-refractivity contribution in [2.45, 2.75) is 25.9 Å². The molecule has 2 aromatic carbocycles. The van der Waals surface area contributed by atoms with Gasteiger partial charge in [0, 0.05) is 35.6 Å². The average molecular weight is 444 g/mol. The number of amides is 1. The molecule has 0 bridgehead atoms. The lowest BCUT2D eigenvalue weighted by atomic mass is 9.92. The summed E-state index contributed by atoms with van der Waals surface area (Å²) in [5.41, 5.74) is 9.68. The Morgan fingerprint density at radius 2 is 1.88 bits per heavy atom. The molecule has 0 atom stereocenters. The molecular weight excluding hydrogens is 418 g/mol. The van der Waals surface area contributed by atoms with E-state index in [1.54, 1.807) is 24.7 Å². The van der Waals surface area contributed by atoms with Gasteiger partial charge in [-0.2, -0.15) is 10.2 Å². The molecule has 33 heavy (non-hydrogen) atoms. The molecule has 168 valence electrons. The number of carbonyl (C=O) groups is 1. The van der Waals surface area contributed by atoms with Crippen LogP contribution in [0.2, 0.25) is 0 Å². The zero-order chi connectivity index (χ0) is 22.8. The highest BCUT2D eigenvalue weighted by Gasteiger charge is 2.28. The Labute approximate surface area is 191 Å². The average Bonchev–Trinajstić information content (AvgIpc) is 3.44. The number of fused-ring (bicyclic) bond motifs is 3. The van der Waals surface area contributed by atoms with Crippen molar-refractivity contribution in [2.24, 2.45) is 0 Å². The Kier molecular flexibility index (Phi) is 5.77. The Morgan fingerprint density at radius 3 is 2.61 bits per heavy atom. The quantitative estimate of drug-likeness (QED) is 0.338. The minimum absolute atomic E-state index is 0.400. The number of hydrogen-bond acceptors (Lipinski definition) is 5. The molecule has 1 aliphatic rings. The highest BCUT2D eigenvalue weighted by Crippen LogP contribution is 2.38. The summed E-state index contributed by atoms with van der Waals surface area (Å²) in [7, 11) is 1.69. The number of aryl methyl sites for hydroxylation is 1. The smallest absolute Gasteiger partial charge is 0.274 e. The number of hydrogen-bond donors (Lipinski definition) is 2. The van der Waals surface area contributed by atoms with E-state index in [0.29, 0.717) is 25.3 Å². The lowest BCUT2D eigenvalue weighted by Gasteiger charge is -2.12. The van der Waals surface area contributed by atoms with Gasteiger partial charge in [0.1, 0.15) is 0 Å². The van der Waals surface area contributed by atoms with Gasteiger partial charge in [-0.1, -0.05) is 42.5 Å². The van der Waals surface area contributed by atoms with Gasteiger partial charge >= 0.3 is 0 Å². The van der Waals surface area contributed by atoms with Crippen LogP contribution >= 0.6 is 0 Å².